The molecule has 3 aromatic rings. The molecule has 36 heavy (non-hydrogen) atoms. The summed E-state index contributed by atoms with van der Waals surface area (Å²) in [6.45, 7) is -0.0888. The number of thioether (sulfide) groups is 1. The minimum atomic E-state index is -0.607. The van der Waals surface area contributed by atoms with Gasteiger partial charge in [-0.2, -0.15) is 0 Å². The van der Waals surface area contributed by atoms with E-state index in [9.17, 15) is 18.8 Å². The van der Waals surface area contributed by atoms with Crippen LogP contribution in [0.4, 0.5) is 9.18 Å². The molecule has 0 aliphatic carbocycles. The normalized spacial score (nSPS) is 14.3. The van der Waals surface area contributed by atoms with E-state index in [4.69, 9.17) is 25.8 Å². The molecule has 1 saturated heterocycles. The van der Waals surface area contributed by atoms with E-state index in [1.807, 2.05) is 0 Å². The highest BCUT2D eigenvalue weighted by molar-refractivity contribution is 8.18. The lowest BCUT2D eigenvalue weighted by Gasteiger charge is -2.13. The van der Waals surface area contributed by atoms with E-state index in [2.05, 4.69) is 0 Å². The highest BCUT2D eigenvalue weighted by Gasteiger charge is 2.35. The van der Waals surface area contributed by atoms with Gasteiger partial charge in [0.1, 0.15) is 11.6 Å². The average molecular weight is 528 g/mol. The van der Waals surface area contributed by atoms with Gasteiger partial charge in [0.2, 0.25) is 0 Å². The van der Waals surface area contributed by atoms with Crippen molar-refractivity contribution in [2.24, 2.45) is 0 Å². The Hall–Kier alpha value is -3.82. The van der Waals surface area contributed by atoms with Crippen molar-refractivity contribution >= 4 is 46.6 Å². The van der Waals surface area contributed by atoms with Crippen LogP contribution in [0.15, 0.2) is 65.6 Å². The third kappa shape index (κ3) is 5.53. The third-order valence-electron chi connectivity index (χ3n) is 5.23. The molecule has 0 unspecified atom stereocenters. The molecular formula is C26H19ClFNO6S. The summed E-state index contributed by atoms with van der Waals surface area (Å²) in [6, 6.07) is 15.0. The van der Waals surface area contributed by atoms with Gasteiger partial charge < -0.3 is 14.2 Å². The first-order valence-corrected chi connectivity index (χ1v) is 11.7. The van der Waals surface area contributed by atoms with E-state index in [-0.39, 0.29) is 22.2 Å². The average Bonchev–Trinajstić information content (AvgIpc) is 3.13. The second-order valence-corrected chi connectivity index (χ2v) is 8.93. The summed E-state index contributed by atoms with van der Waals surface area (Å²) in [4.78, 5) is 39.2. The maximum atomic E-state index is 13.3. The van der Waals surface area contributed by atoms with Crippen LogP contribution < -0.4 is 14.2 Å². The number of hydrogen-bond acceptors (Lipinski definition) is 7. The molecule has 0 N–H and O–H groups in total. The van der Waals surface area contributed by atoms with E-state index in [0.29, 0.717) is 28.2 Å². The molecule has 10 heteroatoms. The molecule has 0 bridgehead atoms. The molecule has 0 spiro atoms. The van der Waals surface area contributed by atoms with Gasteiger partial charge in [-0.05, 0) is 77.5 Å². The number of methoxy groups -OCH3 is 2. The minimum absolute atomic E-state index is 0.0888. The molecule has 0 atom stereocenters. The van der Waals surface area contributed by atoms with Crippen LogP contribution in [0.3, 0.4) is 0 Å². The number of carbonyl (C=O) groups excluding carboxylic acids is 3. The van der Waals surface area contributed by atoms with Gasteiger partial charge in [-0.1, -0.05) is 23.7 Å². The molecule has 4 rings (SSSR count). The number of halogens is 2. The highest BCUT2D eigenvalue weighted by Crippen LogP contribution is 2.36. The molecule has 3 aromatic carbocycles. The number of imide groups is 1. The fourth-order valence-electron chi connectivity index (χ4n) is 3.36. The lowest BCUT2D eigenvalue weighted by Crippen LogP contribution is -2.27. The van der Waals surface area contributed by atoms with Gasteiger partial charge in [0, 0.05) is 5.02 Å². The maximum absolute atomic E-state index is 13.3. The first-order valence-electron chi connectivity index (χ1n) is 10.5. The summed E-state index contributed by atoms with van der Waals surface area (Å²) in [5.74, 6) is -0.581. The van der Waals surface area contributed by atoms with Crippen molar-refractivity contribution in [3.63, 3.8) is 0 Å². The second-order valence-electron chi connectivity index (χ2n) is 7.53. The van der Waals surface area contributed by atoms with Crippen LogP contribution in [0, 0.1) is 5.82 Å². The molecule has 1 aliphatic heterocycles. The van der Waals surface area contributed by atoms with E-state index in [0.717, 1.165) is 22.7 Å². The van der Waals surface area contributed by atoms with Crippen LogP contribution in [0.5, 0.6) is 17.2 Å². The summed E-state index contributed by atoms with van der Waals surface area (Å²) in [6.07, 6.45) is 1.52. The van der Waals surface area contributed by atoms with Gasteiger partial charge in [0.15, 0.2) is 11.5 Å². The van der Waals surface area contributed by atoms with Crippen LogP contribution in [0.1, 0.15) is 21.5 Å². The standard InChI is InChI=1S/C26H19ClFNO6S/c1-33-19-8-5-16(6-9-19)25(31)35-22-11-15(3-10-21(22)34-2)12-23-24(30)29(26(32)36-23)14-17-4-7-18(28)13-20(17)27/h3-13H,14H2,1-2H3/b23-12-. The van der Waals surface area contributed by atoms with Gasteiger partial charge in [-0.3, -0.25) is 14.5 Å². The molecule has 2 amide bonds. The summed E-state index contributed by atoms with van der Waals surface area (Å²) in [5.41, 5.74) is 1.27. The Bertz CT molecular complexity index is 1380. The Labute approximate surface area is 215 Å². The van der Waals surface area contributed by atoms with Crippen molar-refractivity contribution in [3.8, 4) is 17.2 Å². The zero-order valence-electron chi connectivity index (χ0n) is 19.1. The number of carbonyl (C=O) groups is 3. The van der Waals surface area contributed by atoms with Crippen molar-refractivity contribution in [3.05, 3.63) is 93.1 Å². The Morgan fingerprint density at radius 3 is 2.42 bits per heavy atom. The Balaban J connectivity index is 1.54. The quantitative estimate of drug-likeness (QED) is 0.213. The molecule has 0 aromatic heterocycles. The van der Waals surface area contributed by atoms with Crippen molar-refractivity contribution < 1.29 is 33.0 Å². The molecule has 1 heterocycles. The zero-order valence-corrected chi connectivity index (χ0v) is 20.7. The van der Waals surface area contributed by atoms with Crippen LogP contribution in [0.2, 0.25) is 5.02 Å². The Morgan fingerprint density at radius 2 is 1.75 bits per heavy atom. The summed E-state index contributed by atoms with van der Waals surface area (Å²) in [7, 11) is 2.96. The van der Waals surface area contributed by atoms with E-state index in [1.165, 1.54) is 38.5 Å². The lowest BCUT2D eigenvalue weighted by molar-refractivity contribution is -0.123. The number of nitrogens with zero attached hydrogens (tertiary/aromatic N) is 1. The highest BCUT2D eigenvalue weighted by atomic mass is 35.5. The van der Waals surface area contributed by atoms with Crippen LogP contribution in [-0.2, 0) is 11.3 Å². The number of esters is 1. The predicted octanol–water partition coefficient (Wildman–Crippen LogP) is 5.95. The Kier molecular flexibility index (Phi) is 7.61. The number of amides is 2. The molecule has 0 saturated carbocycles. The van der Waals surface area contributed by atoms with Gasteiger partial charge in [-0.15, -0.1) is 0 Å². The molecular weight excluding hydrogens is 509 g/mol. The maximum Gasteiger partial charge on any atom is 0.343 e. The van der Waals surface area contributed by atoms with Crippen LogP contribution in [0.25, 0.3) is 6.08 Å². The van der Waals surface area contributed by atoms with Crippen LogP contribution in [-0.4, -0.2) is 36.2 Å². The number of rotatable bonds is 7. The fourth-order valence-corrected chi connectivity index (χ4v) is 4.42. The smallest absolute Gasteiger partial charge is 0.343 e. The first-order chi connectivity index (χ1) is 17.3. The van der Waals surface area contributed by atoms with Gasteiger partial charge >= 0.3 is 5.97 Å². The minimum Gasteiger partial charge on any atom is -0.497 e. The SMILES string of the molecule is COc1ccc(C(=O)Oc2cc(/C=C3\SC(=O)N(Cc4ccc(F)cc4Cl)C3=O)ccc2OC)cc1. The summed E-state index contributed by atoms with van der Waals surface area (Å²) >= 11 is 6.81. The van der Waals surface area contributed by atoms with Gasteiger partial charge in [0.05, 0.1) is 31.2 Å². The van der Waals surface area contributed by atoms with Crippen molar-refractivity contribution in [1.82, 2.24) is 4.90 Å². The molecule has 1 fully saturated rings. The molecule has 184 valence electrons. The van der Waals surface area contributed by atoms with E-state index >= 15 is 0 Å². The summed E-state index contributed by atoms with van der Waals surface area (Å²) < 4.78 is 29.2. The second kappa shape index (κ2) is 10.8. The van der Waals surface area contributed by atoms with Crippen molar-refractivity contribution in [2.75, 3.05) is 14.2 Å². The first kappa shape index (κ1) is 25.3. The van der Waals surface area contributed by atoms with Gasteiger partial charge in [0.25, 0.3) is 11.1 Å². The van der Waals surface area contributed by atoms with E-state index in [1.54, 1.807) is 36.4 Å². The lowest BCUT2D eigenvalue weighted by atomic mass is 10.1. The van der Waals surface area contributed by atoms with E-state index < -0.39 is 22.9 Å². The molecule has 1 aliphatic rings. The number of benzene rings is 3. The fraction of sp³-hybridized carbons (Fsp3) is 0.115. The zero-order chi connectivity index (χ0) is 25.8. The van der Waals surface area contributed by atoms with Crippen LogP contribution >= 0.6 is 23.4 Å². The van der Waals surface area contributed by atoms with Gasteiger partial charge in [-0.25, -0.2) is 9.18 Å². The number of ether oxygens (including phenoxy) is 3. The monoisotopic (exact) mass is 527 g/mol. The third-order valence-corrected chi connectivity index (χ3v) is 6.49. The largest absolute Gasteiger partial charge is 0.497 e. The molecule has 7 nitrogen and oxygen atoms in total. The predicted molar refractivity (Wildman–Crippen MR) is 134 cm³/mol. The Morgan fingerprint density at radius 1 is 1.00 bits per heavy atom. The number of hydrogen-bond donors (Lipinski definition) is 0. The topological polar surface area (TPSA) is 82.1 Å². The summed E-state index contributed by atoms with van der Waals surface area (Å²) in [5, 5.41) is -0.359. The molecule has 0 radical (unpaired) electrons. The van der Waals surface area contributed by atoms with Crippen molar-refractivity contribution in [2.45, 2.75) is 6.54 Å². The van der Waals surface area contributed by atoms with Crippen molar-refractivity contribution in [1.29, 1.82) is 0 Å².